The summed E-state index contributed by atoms with van der Waals surface area (Å²) in [5.74, 6) is 0.733. The van der Waals surface area contributed by atoms with E-state index in [2.05, 4.69) is 10.3 Å². The van der Waals surface area contributed by atoms with Crippen molar-refractivity contribution in [3.63, 3.8) is 0 Å². The molecule has 0 aliphatic carbocycles. The number of aromatic nitrogens is 1. The molecule has 1 N–H and O–H groups in total. The summed E-state index contributed by atoms with van der Waals surface area (Å²) in [5.41, 5.74) is 0.780. The molecular weight excluding hydrogens is 234 g/mol. The highest BCUT2D eigenvalue weighted by Gasteiger charge is 2.07. The van der Waals surface area contributed by atoms with E-state index in [9.17, 15) is 8.78 Å². The van der Waals surface area contributed by atoms with E-state index in [0.29, 0.717) is 5.13 Å². The molecular formula is C10H10F2N2OS. The van der Waals surface area contributed by atoms with Crippen LogP contribution in [0, 0.1) is 0 Å². The standard InChI is InChI=1S/C10H10F2N2OS/c1-15-6-2-3-7-8(4-6)16-10(14-7)13-5-9(11)12/h2-4,9H,5H2,1H3,(H,13,14). The first-order chi connectivity index (χ1) is 7.69. The van der Waals surface area contributed by atoms with Gasteiger partial charge in [-0.25, -0.2) is 13.8 Å². The van der Waals surface area contributed by atoms with Crippen LogP contribution in [0.3, 0.4) is 0 Å². The highest BCUT2D eigenvalue weighted by molar-refractivity contribution is 7.22. The monoisotopic (exact) mass is 244 g/mol. The Hall–Kier alpha value is -1.43. The molecule has 0 bridgehead atoms. The number of nitrogens with zero attached hydrogens (tertiary/aromatic N) is 1. The number of hydrogen-bond acceptors (Lipinski definition) is 4. The zero-order chi connectivity index (χ0) is 11.5. The highest BCUT2D eigenvalue weighted by Crippen LogP contribution is 2.29. The van der Waals surface area contributed by atoms with Crippen molar-refractivity contribution in [1.29, 1.82) is 0 Å². The lowest BCUT2D eigenvalue weighted by Crippen LogP contribution is -2.09. The predicted molar refractivity (Wildman–Crippen MR) is 60.7 cm³/mol. The number of alkyl halides is 2. The first-order valence-electron chi connectivity index (χ1n) is 4.65. The fraction of sp³-hybridized carbons (Fsp3) is 0.300. The molecule has 0 aliphatic rings. The van der Waals surface area contributed by atoms with Gasteiger partial charge < -0.3 is 10.1 Å². The molecule has 0 saturated carbocycles. The number of ether oxygens (including phenoxy) is 1. The summed E-state index contributed by atoms with van der Waals surface area (Å²) in [6.07, 6.45) is -2.37. The van der Waals surface area contributed by atoms with Crippen molar-refractivity contribution >= 4 is 26.7 Å². The maximum Gasteiger partial charge on any atom is 0.255 e. The Labute approximate surface area is 95.1 Å². The van der Waals surface area contributed by atoms with Crippen LogP contribution in [0.15, 0.2) is 18.2 Å². The van der Waals surface area contributed by atoms with Gasteiger partial charge in [0.2, 0.25) is 0 Å². The number of rotatable bonds is 4. The third kappa shape index (κ3) is 2.38. The van der Waals surface area contributed by atoms with Crippen molar-refractivity contribution in [2.45, 2.75) is 6.43 Å². The van der Waals surface area contributed by atoms with Gasteiger partial charge in [-0.2, -0.15) is 0 Å². The second-order valence-electron chi connectivity index (χ2n) is 3.12. The zero-order valence-electron chi connectivity index (χ0n) is 8.54. The maximum atomic E-state index is 12.0. The van der Waals surface area contributed by atoms with Crippen molar-refractivity contribution in [1.82, 2.24) is 4.98 Å². The van der Waals surface area contributed by atoms with Gasteiger partial charge in [-0.05, 0) is 18.2 Å². The van der Waals surface area contributed by atoms with E-state index in [4.69, 9.17) is 4.74 Å². The third-order valence-corrected chi connectivity index (χ3v) is 2.98. The van der Waals surface area contributed by atoms with E-state index in [-0.39, 0.29) is 6.54 Å². The molecule has 6 heteroatoms. The smallest absolute Gasteiger partial charge is 0.255 e. The molecule has 86 valence electrons. The Balaban J connectivity index is 2.22. The minimum atomic E-state index is -2.37. The van der Waals surface area contributed by atoms with E-state index >= 15 is 0 Å². The Morgan fingerprint density at radius 1 is 1.50 bits per heavy atom. The molecule has 1 aromatic carbocycles. The average molecular weight is 244 g/mol. The predicted octanol–water partition coefficient (Wildman–Crippen LogP) is 2.98. The van der Waals surface area contributed by atoms with Gasteiger partial charge in [-0.3, -0.25) is 0 Å². The van der Waals surface area contributed by atoms with Gasteiger partial charge in [0.25, 0.3) is 6.43 Å². The summed E-state index contributed by atoms with van der Waals surface area (Å²) in [7, 11) is 1.58. The van der Waals surface area contributed by atoms with Crippen LogP contribution < -0.4 is 10.1 Å². The molecule has 1 aromatic heterocycles. The molecule has 2 aromatic rings. The molecule has 0 amide bonds. The zero-order valence-corrected chi connectivity index (χ0v) is 9.35. The Kier molecular flexibility index (Phi) is 3.19. The van der Waals surface area contributed by atoms with Crippen LogP contribution in [0.4, 0.5) is 13.9 Å². The number of thiazole rings is 1. The number of halogens is 2. The van der Waals surface area contributed by atoms with E-state index in [1.54, 1.807) is 19.2 Å². The van der Waals surface area contributed by atoms with E-state index < -0.39 is 6.43 Å². The third-order valence-electron chi connectivity index (χ3n) is 2.00. The van der Waals surface area contributed by atoms with Gasteiger partial charge >= 0.3 is 0 Å². The van der Waals surface area contributed by atoms with Crippen LogP contribution in [0.25, 0.3) is 10.2 Å². The highest BCUT2D eigenvalue weighted by atomic mass is 32.1. The first kappa shape index (κ1) is 11.1. The minimum Gasteiger partial charge on any atom is -0.497 e. The van der Waals surface area contributed by atoms with Crippen LogP contribution >= 0.6 is 11.3 Å². The molecule has 0 unspecified atom stereocenters. The minimum absolute atomic E-state index is 0.378. The quantitative estimate of drug-likeness (QED) is 0.897. The second kappa shape index (κ2) is 4.61. The molecule has 0 radical (unpaired) electrons. The molecule has 2 rings (SSSR count). The fourth-order valence-corrected chi connectivity index (χ4v) is 2.17. The summed E-state index contributed by atoms with van der Waals surface area (Å²) in [6, 6.07) is 5.43. The molecule has 1 heterocycles. The number of methoxy groups -OCH3 is 1. The van der Waals surface area contributed by atoms with Gasteiger partial charge in [0.1, 0.15) is 5.75 Å². The Bertz CT molecular complexity index is 487. The van der Waals surface area contributed by atoms with E-state index in [1.165, 1.54) is 11.3 Å². The molecule has 0 saturated heterocycles. The van der Waals surface area contributed by atoms with Crippen molar-refractivity contribution in [3.8, 4) is 5.75 Å². The van der Waals surface area contributed by atoms with Crippen molar-refractivity contribution in [2.75, 3.05) is 19.0 Å². The number of fused-ring (bicyclic) bond motifs is 1. The molecule has 0 fully saturated rings. The number of nitrogens with one attached hydrogen (secondary N) is 1. The molecule has 3 nitrogen and oxygen atoms in total. The summed E-state index contributed by atoms with van der Waals surface area (Å²) in [4.78, 5) is 4.18. The first-order valence-corrected chi connectivity index (χ1v) is 5.47. The number of benzene rings is 1. The van der Waals surface area contributed by atoms with Crippen LogP contribution in [-0.2, 0) is 0 Å². The molecule has 0 atom stereocenters. The SMILES string of the molecule is COc1ccc2nc(NCC(F)F)sc2c1. The molecule has 16 heavy (non-hydrogen) atoms. The summed E-state index contributed by atoms with van der Waals surface area (Å²) in [5, 5.41) is 3.09. The van der Waals surface area contributed by atoms with Crippen LogP contribution in [0.1, 0.15) is 0 Å². The van der Waals surface area contributed by atoms with Crippen LogP contribution in [0.2, 0.25) is 0 Å². The average Bonchev–Trinajstić information content (AvgIpc) is 2.67. The molecule has 0 aliphatic heterocycles. The topological polar surface area (TPSA) is 34.1 Å². The Morgan fingerprint density at radius 2 is 2.31 bits per heavy atom. The number of hydrogen-bond donors (Lipinski definition) is 1. The lowest BCUT2D eigenvalue weighted by Gasteiger charge is -1.98. The summed E-state index contributed by atoms with van der Waals surface area (Å²) in [6.45, 7) is -0.378. The fourth-order valence-electron chi connectivity index (χ4n) is 1.27. The normalized spacial score (nSPS) is 11.0. The lowest BCUT2D eigenvalue weighted by atomic mass is 10.3. The van der Waals surface area contributed by atoms with Gasteiger partial charge in [-0.1, -0.05) is 11.3 Å². The summed E-state index contributed by atoms with van der Waals surface area (Å²) >= 11 is 1.33. The molecule has 0 spiro atoms. The largest absolute Gasteiger partial charge is 0.497 e. The van der Waals surface area contributed by atoms with Gasteiger partial charge in [0.05, 0.1) is 23.9 Å². The number of anilines is 1. The lowest BCUT2D eigenvalue weighted by molar-refractivity contribution is 0.163. The summed E-state index contributed by atoms with van der Waals surface area (Å²) < 4.78 is 30.0. The van der Waals surface area contributed by atoms with Gasteiger partial charge in [-0.15, -0.1) is 0 Å². The van der Waals surface area contributed by atoms with Gasteiger partial charge in [0, 0.05) is 0 Å². The van der Waals surface area contributed by atoms with Crippen molar-refractivity contribution in [3.05, 3.63) is 18.2 Å². The Morgan fingerprint density at radius 3 is 3.00 bits per heavy atom. The van der Waals surface area contributed by atoms with E-state index in [1.807, 2.05) is 6.07 Å². The second-order valence-corrected chi connectivity index (χ2v) is 4.16. The maximum absolute atomic E-state index is 12.0. The van der Waals surface area contributed by atoms with E-state index in [0.717, 1.165) is 16.0 Å². The van der Waals surface area contributed by atoms with Crippen LogP contribution in [-0.4, -0.2) is 25.1 Å². The van der Waals surface area contributed by atoms with Gasteiger partial charge in [0.15, 0.2) is 5.13 Å². The van der Waals surface area contributed by atoms with Crippen molar-refractivity contribution in [2.24, 2.45) is 0 Å². The van der Waals surface area contributed by atoms with Crippen LogP contribution in [0.5, 0.6) is 5.75 Å². The van der Waals surface area contributed by atoms with Crippen molar-refractivity contribution < 1.29 is 13.5 Å².